The van der Waals surface area contributed by atoms with Crippen LogP contribution in [-0.4, -0.2) is 22.4 Å². The molecule has 1 aromatic carbocycles. The average molecular weight is 276 g/mol. The molecular formula is C18H28O2. The van der Waals surface area contributed by atoms with E-state index in [4.69, 9.17) is 4.74 Å². The zero-order valence-electron chi connectivity index (χ0n) is 13.4. The lowest BCUT2D eigenvalue weighted by atomic mass is 9.81. The quantitative estimate of drug-likeness (QED) is 0.904. The first-order valence-corrected chi connectivity index (χ1v) is 7.63. The van der Waals surface area contributed by atoms with Gasteiger partial charge in [-0.3, -0.25) is 0 Å². The smallest absolute Gasteiger partial charge is 0.0687 e. The minimum Gasteiger partial charge on any atom is -0.393 e. The number of ether oxygens (including phenoxy) is 1. The summed E-state index contributed by atoms with van der Waals surface area (Å²) in [4.78, 5) is 0. The monoisotopic (exact) mass is 276 g/mol. The number of aliphatic hydroxyl groups is 1. The summed E-state index contributed by atoms with van der Waals surface area (Å²) in [5.74, 6) is 0.210. The second kappa shape index (κ2) is 5.50. The van der Waals surface area contributed by atoms with E-state index < -0.39 is 0 Å². The van der Waals surface area contributed by atoms with Crippen LogP contribution in [0.3, 0.4) is 0 Å². The highest BCUT2D eigenvalue weighted by Gasteiger charge is 2.48. The molecule has 2 heteroatoms. The third-order valence-corrected chi connectivity index (χ3v) is 4.42. The minimum absolute atomic E-state index is 0.127. The number of aryl methyl sites for hydroxylation is 2. The van der Waals surface area contributed by atoms with Crippen molar-refractivity contribution in [3.63, 3.8) is 0 Å². The summed E-state index contributed by atoms with van der Waals surface area (Å²) >= 11 is 0. The van der Waals surface area contributed by atoms with Crippen LogP contribution >= 0.6 is 0 Å². The van der Waals surface area contributed by atoms with Gasteiger partial charge in [0.05, 0.1) is 17.3 Å². The van der Waals surface area contributed by atoms with E-state index in [0.29, 0.717) is 0 Å². The molecule has 1 N–H and O–H groups in total. The van der Waals surface area contributed by atoms with Crippen LogP contribution in [0.5, 0.6) is 0 Å². The fraction of sp³-hybridized carbons (Fsp3) is 0.667. The van der Waals surface area contributed by atoms with Crippen molar-refractivity contribution in [3.8, 4) is 0 Å². The predicted molar refractivity (Wildman–Crippen MR) is 82.9 cm³/mol. The fourth-order valence-corrected chi connectivity index (χ4v) is 3.59. The van der Waals surface area contributed by atoms with Gasteiger partial charge in [0.1, 0.15) is 0 Å². The van der Waals surface area contributed by atoms with E-state index in [2.05, 4.69) is 58.9 Å². The Labute approximate surface area is 123 Å². The van der Waals surface area contributed by atoms with Gasteiger partial charge in [0.2, 0.25) is 0 Å². The van der Waals surface area contributed by atoms with Crippen molar-refractivity contribution < 1.29 is 9.84 Å². The van der Waals surface area contributed by atoms with Crippen molar-refractivity contribution in [1.29, 1.82) is 0 Å². The van der Waals surface area contributed by atoms with Gasteiger partial charge < -0.3 is 9.84 Å². The minimum atomic E-state index is -0.299. The van der Waals surface area contributed by atoms with Gasteiger partial charge in [0.15, 0.2) is 0 Å². The molecule has 1 fully saturated rings. The van der Waals surface area contributed by atoms with Crippen molar-refractivity contribution in [2.75, 3.05) is 0 Å². The molecule has 1 aliphatic rings. The van der Waals surface area contributed by atoms with E-state index >= 15 is 0 Å². The van der Waals surface area contributed by atoms with Crippen molar-refractivity contribution in [2.45, 2.75) is 71.2 Å². The molecule has 1 saturated heterocycles. The molecule has 2 atom stereocenters. The highest BCUT2D eigenvalue weighted by molar-refractivity contribution is 5.22. The fourth-order valence-electron chi connectivity index (χ4n) is 3.59. The molecule has 1 heterocycles. The van der Waals surface area contributed by atoms with Gasteiger partial charge in [-0.05, 0) is 59.4 Å². The number of hydrogen-bond donors (Lipinski definition) is 1. The summed E-state index contributed by atoms with van der Waals surface area (Å²) in [5, 5.41) is 10.6. The van der Waals surface area contributed by atoms with Crippen LogP contribution in [0.15, 0.2) is 24.3 Å². The lowest BCUT2D eigenvalue weighted by Gasteiger charge is -2.30. The van der Waals surface area contributed by atoms with E-state index in [1.165, 1.54) is 11.1 Å². The predicted octanol–water partition coefficient (Wildman–Crippen LogP) is 3.88. The number of rotatable bonds is 4. The molecule has 0 aliphatic carbocycles. The highest BCUT2D eigenvalue weighted by Crippen LogP contribution is 2.44. The Balaban J connectivity index is 1.97. The summed E-state index contributed by atoms with van der Waals surface area (Å²) < 4.78 is 6.08. The average Bonchev–Trinajstić information content (AvgIpc) is 2.54. The molecule has 0 amide bonds. The highest BCUT2D eigenvalue weighted by atomic mass is 16.5. The second-order valence-corrected chi connectivity index (χ2v) is 7.37. The topological polar surface area (TPSA) is 29.5 Å². The lowest BCUT2D eigenvalue weighted by molar-refractivity contribution is -0.0880. The first-order chi connectivity index (χ1) is 9.20. The molecule has 2 nitrogen and oxygen atoms in total. The van der Waals surface area contributed by atoms with Crippen molar-refractivity contribution >= 4 is 0 Å². The molecule has 1 aromatic rings. The molecule has 2 rings (SSSR count). The zero-order valence-corrected chi connectivity index (χ0v) is 13.4. The summed E-state index contributed by atoms with van der Waals surface area (Å²) in [6, 6.07) is 8.53. The van der Waals surface area contributed by atoms with E-state index in [1.54, 1.807) is 0 Å². The summed E-state index contributed by atoms with van der Waals surface area (Å²) in [6.45, 7) is 10.5. The van der Waals surface area contributed by atoms with Gasteiger partial charge >= 0.3 is 0 Å². The Kier molecular flexibility index (Phi) is 4.27. The molecule has 2 unspecified atom stereocenters. The van der Waals surface area contributed by atoms with Crippen LogP contribution in [0.1, 0.15) is 51.7 Å². The van der Waals surface area contributed by atoms with Crippen LogP contribution in [-0.2, 0) is 11.2 Å². The third-order valence-electron chi connectivity index (χ3n) is 4.42. The van der Waals surface area contributed by atoms with Crippen molar-refractivity contribution in [1.82, 2.24) is 0 Å². The van der Waals surface area contributed by atoms with Gasteiger partial charge in [-0.15, -0.1) is 0 Å². The van der Waals surface area contributed by atoms with E-state index in [9.17, 15) is 5.11 Å². The first-order valence-electron chi connectivity index (χ1n) is 7.63. The molecule has 20 heavy (non-hydrogen) atoms. The summed E-state index contributed by atoms with van der Waals surface area (Å²) in [6.07, 6.45) is 2.36. The van der Waals surface area contributed by atoms with Crippen LogP contribution < -0.4 is 0 Å². The molecular weight excluding hydrogens is 248 g/mol. The number of hydrogen-bond acceptors (Lipinski definition) is 2. The van der Waals surface area contributed by atoms with Crippen LogP contribution in [0.25, 0.3) is 0 Å². The molecule has 0 saturated carbocycles. The summed E-state index contributed by atoms with van der Waals surface area (Å²) in [5.41, 5.74) is 2.22. The Hall–Kier alpha value is -0.860. The van der Waals surface area contributed by atoms with E-state index in [1.807, 2.05) is 0 Å². The Morgan fingerprint density at radius 2 is 2.00 bits per heavy atom. The summed E-state index contributed by atoms with van der Waals surface area (Å²) in [7, 11) is 0. The zero-order chi connectivity index (χ0) is 15.0. The van der Waals surface area contributed by atoms with Gasteiger partial charge in [-0.2, -0.15) is 0 Å². The van der Waals surface area contributed by atoms with Crippen molar-refractivity contribution in [2.24, 2.45) is 5.92 Å². The maximum absolute atomic E-state index is 10.6. The molecule has 0 aromatic heterocycles. The van der Waals surface area contributed by atoms with Gasteiger partial charge in [0.25, 0.3) is 0 Å². The van der Waals surface area contributed by atoms with E-state index in [-0.39, 0.29) is 23.2 Å². The molecule has 1 aliphatic heterocycles. The molecule has 0 bridgehead atoms. The van der Waals surface area contributed by atoms with E-state index in [0.717, 1.165) is 19.3 Å². The van der Waals surface area contributed by atoms with Crippen LogP contribution in [0.2, 0.25) is 0 Å². The first kappa shape index (κ1) is 15.5. The second-order valence-electron chi connectivity index (χ2n) is 7.37. The third kappa shape index (κ3) is 3.62. The number of benzene rings is 1. The maximum Gasteiger partial charge on any atom is 0.0687 e. The Morgan fingerprint density at radius 3 is 2.55 bits per heavy atom. The SMILES string of the molecule is Cc1cccc(CCC(O)C2CC(C)(C)OC2(C)C)c1. The molecule has 112 valence electrons. The van der Waals surface area contributed by atoms with Crippen molar-refractivity contribution in [3.05, 3.63) is 35.4 Å². The Morgan fingerprint density at radius 1 is 1.30 bits per heavy atom. The Bertz CT molecular complexity index is 462. The van der Waals surface area contributed by atoms with Gasteiger partial charge in [0, 0.05) is 5.92 Å². The maximum atomic E-state index is 10.6. The van der Waals surface area contributed by atoms with Gasteiger partial charge in [-0.25, -0.2) is 0 Å². The standard InChI is InChI=1S/C18H28O2/c1-13-7-6-8-14(11-13)9-10-16(19)15-12-17(2,3)20-18(15,4)5/h6-8,11,15-16,19H,9-10,12H2,1-5H3. The van der Waals surface area contributed by atoms with Crippen LogP contribution in [0, 0.1) is 12.8 Å². The van der Waals surface area contributed by atoms with Gasteiger partial charge in [-0.1, -0.05) is 29.8 Å². The largest absolute Gasteiger partial charge is 0.393 e. The molecule has 0 radical (unpaired) electrons. The molecule has 0 spiro atoms. The number of aliphatic hydroxyl groups excluding tert-OH is 1. The normalized spacial score (nSPS) is 25.6. The van der Waals surface area contributed by atoms with Crippen LogP contribution in [0.4, 0.5) is 0 Å². The lowest BCUT2D eigenvalue weighted by Crippen LogP contribution is -2.36.